The number of fused-ring (bicyclic) bond motifs is 1. The highest BCUT2D eigenvalue weighted by molar-refractivity contribution is 6.31. The number of halogens is 1. The van der Waals surface area contributed by atoms with Crippen molar-refractivity contribution in [1.29, 1.82) is 0 Å². The first-order valence-corrected chi connectivity index (χ1v) is 9.08. The lowest BCUT2D eigenvalue weighted by Crippen LogP contribution is -2.39. The lowest BCUT2D eigenvalue weighted by atomic mass is 9.96. The minimum atomic E-state index is -0.570. The molecule has 1 fully saturated rings. The monoisotopic (exact) mass is 384 g/mol. The molecule has 3 aromatic rings. The number of aromatic nitrogens is 2. The van der Waals surface area contributed by atoms with E-state index in [1.54, 1.807) is 4.90 Å². The predicted octanol–water partition coefficient (Wildman–Crippen LogP) is 4.14. The summed E-state index contributed by atoms with van der Waals surface area (Å²) in [5, 5.41) is 11.5. The van der Waals surface area contributed by atoms with Crippen LogP contribution in [0.15, 0.2) is 42.5 Å². The highest BCUT2D eigenvalue weighted by Crippen LogP contribution is 2.30. The van der Waals surface area contributed by atoms with Gasteiger partial charge >= 0.3 is 0 Å². The van der Waals surface area contributed by atoms with E-state index >= 15 is 0 Å². The summed E-state index contributed by atoms with van der Waals surface area (Å²) in [6.45, 7) is 1.04. The Bertz CT molecular complexity index is 1000. The molecule has 0 spiro atoms. The number of rotatable bonds is 3. The Labute approximate surface area is 160 Å². The van der Waals surface area contributed by atoms with Crippen LogP contribution in [-0.2, 0) is 0 Å². The Kier molecular flexibility index (Phi) is 4.53. The quantitative estimate of drug-likeness (QED) is 0.542. The zero-order valence-corrected chi connectivity index (χ0v) is 15.1. The van der Waals surface area contributed by atoms with Gasteiger partial charge in [-0.25, -0.2) is 4.98 Å². The van der Waals surface area contributed by atoms with Gasteiger partial charge in [-0.3, -0.25) is 14.9 Å². The van der Waals surface area contributed by atoms with Crippen molar-refractivity contribution in [3.63, 3.8) is 0 Å². The number of imidazole rings is 1. The van der Waals surface area contributed by atoms with Crippen LogP contribution in [0.4, 0.5) is 5.69 Å². The normalized spacial score (nSPS) is 17.2. The van der Waals surface area contributed by atoms with Crippen LogP contribution in [0.2, 0.25) is 5.02 Å². The van der Waals surface area contributed by atoms with Crippen molar-refractivity contribution in [3.8, 4) is 0 Å². The maximum absolute atomic E-state index is 12.9. The van der Waals surface area contributed by atoms with Crippen LogP contribution in [-0.4, -0.2) is 38.8 Å². The molecular formula is C19H17ClN4O3. The Morgan fingerprint density at radius 2 is 2.11 bits per heavy atom. The third-order valence-electron chi connectivity index (χ3n) is 4.89. The average Bonchev–Trinajstić information content (AvgIpc) is 3.12. The minimum Gasteiger partial charge on any atom is -0.342 e. The van der Waals surface area contributed by atoms with Crippen LogP contribution >= 0.6 is 11.6 Å². The number of likely N-dealkylation sites (tertiary alicyclic amines) is 1. The first-order chi connectivity index (χ1) is 13.0. The fourth-order valence-electron chi connectivity index (χ4n) is 3.56. The summed E-state index contributed by atoms with van der Waals surface area (Å²) in [4.78, 5) is 33.3. The number of carbonyl (C=O) groups excluding carboxylic acids is 1. The van der Waals surface area contributed by atoms with Gasteiger partial charge in [0, 0.05) is 30.1 Å². The Morgan fingerprint density at radius 1 is 1.30 bits per heavy atom. The average molecular weight is 385 g/mol. The number of amides is 1. The topological polar surface area (TPSA) is 92.1 Å². The van der Waals surface area contributed by atoms with Crippen LogP contribution in [0.3, 0.4) is 0 Å². The standard InChI is InChI=1S/C19H17ClN4O3/c20-13-7-8-14(17(10-13)24(26)27)19(25)23-9-3-4-12(11-23)18-21-15-5-1-2-6-16(15)22-18/h1-2,5-8,10,12H,3-4,9,11H2,(H,21,22). The van der Waals surface area contributed by atoms with Crippen molar-refractivity contribution < 1.29 is 9.72 Å². The number of nitro groups is 1. The van der Waals surface area contributed by atoms with Crippen LogP contribution in [0.5, 0.6) is 0 Å². The Morgan fingerprint density at radius 3 is 2.89 bits per heavy atom. The molecule has 1 saturated heterocycles. The van der Waals surface area contributed by atoms with E-state index < -0.39 is 4.92 Å². The lowest BCUT2D eigenvalue weighted by molar-refractivity contribution is -0.385. The summed E-state index contributed by atoms with van der Waals surface area (Å²) < 4.78 is 0. The maximum Gasteiger partial charge on any atom is 0.283 e. The zero-order chi connectivity index (χ0) is 19.0. The predicted molar refractivity (Wildman–Crippen MR) is 102 cm³/mol. The second kappa shape index (κ2) is 7.00. The zero-order valence-electron chi connectivity index (χ0n) is 14.4. The van der Waals surface area contributed by atoms with E-state index in [-0.39, 0.29) is 28.1 Å². The smallest absolute Gasteiger partial charge is 0.283 e. The molecule has 0 aliphatic carbocycles. The van der Waals surface area contributed by atoms with Crippen molar-refractivity contribution in [2.45, 2.75) is 18.8 Å². The van der Waals surface area contributed by atoms with E-state index in [1.165, 1.54) is 18.2 Å². The van der Waals surface area contributed by atoms with Crippen molar-refractivity contribution in [2.24, 2.45) is 0 Å². The summed E-state index contributed by atoms with van der Waals surface area (Å²) in [5.74, 6) is 0.569. The summed E-state index contributed by atoms with van der Waals surface area (Å²) in [6, 6.07) is 11.9. The molecule has 27 heavy (non-hydrogen) atoms. The number of para-hydroxylation sites is 2. The van der Waals surface area contributed by atoms with Gasteiger partial charge in [0.1, 0.15) is 11.4 Å². The van der Waals surface area contributed by atoms with E-state index in [4.69, 9.17) is 11.6 Å². The van der Waals surface area contributed by atoms with E-state index in [1.807, 2.05) is 24.3 Å². The molecule has 1 amide bonds. The van der Waals surface area contributed by atoms with E-state index in [0.717, 1.165) is 29.7 Å². The molecule has 1 atom stereocenters. The molecule has 1 aliphatic heterocycles. The first kappa shape index (κ1) is 17.5. The lowest BCUT2D eigenvalue weighted by Gasteiger charge is -2.31. The van der Waals surface area contributed by atoms with Gasteiger partial charge in [0.2, 0.25) is 0 Å². The number of hydrogen-bond donors (Lipinski definition) is 1. The summed E-state index contributed by atoms with van der Waals surface area (Å²) >= 11 is 5.85. The van der Waals surface area contributed by atoms with Gasteiger partial charge in [0.15, 0.2) is 0 Å². The van der Waals surface area contributed by atoms with Gasteiger partial charge in [0.05, 0.1) is 16.0 Å². The van der Waals surface area contributed by atoms with E-state index in [0.29, 0.717) is 13.1 Å². The Balaban J connectivity index is 1.59. The summed E-state index contributed by atoms with van der Waals surface area (Å²) in [7, 11) is 0. The number of aromatic amines is 1. The number of benzene rings is 2. The number of nitrogens with zero attached hydrogens (tertiary/aromatic N) is 3. The van der Waals surface area contributed by atoms with Crippen molar-refractivity contribution in [2.75, 3.05) is 13.1 Å². The van der Waals surface area contributed by atoms with Gasteiger partial charge in [-0.1, -0.05) is 23.7 Å². The molecule has 0 bridgehead atoms. The number of nitrogens with one attached hydrogen (secondary N) is 1. The number of carbonyl (C=O) groups is 1. The van der Waals surface area contributed by atoms with Gasteiger partial charge in [-0.05, 0) is 37.1 Å². The third kappa shape index (κ3) is 3.38. The molecule has 2 heterocycles. The van der Waals surface area contributed by atoms with Gasteiger partial charge in [0.25, 0.3) is 11.6 Å². The number of piperidine rings is 1. The molecule has 2 aromatic carbocycles. The van der Waals surface area contributed by atoms with E-state index in [9.17, 15) is 14.9 Å². The molecule has 1 unspecified atom stereocenters. The van der Waals surface area contributed by atoms with Gasteiger partial charge < -0.3 is 9.88 Å². The molecule has 1 aromatic heterocycles. The van der Waals surface area contributed by atoms with Crippen LogP contribution in [0.25, 0.3) is 11.0 Å². The maximum atomic E-state index is 12.9. The summed E-state index contributed by atoms with van der Waals surface area (Å²) in [5.41, 5.74) is 1.65. The molecule has 1 N–H and O–H groups in total. The highest BCUT2D eigenvalue weighted by atomic mass is 35.5. The van der Waals surface area contributed by atoms with Crippen LogP contribution in [0.1, 0.15) is 34.9 Å². The van der Waals surface area contributed by atoms with Gasteiger partial charge in [-0.2, -0.15) is 0 Å². The van der Waals surface area contributed by atoms with Crippen molar-refractivity contribution in [3.05, 3.63) is 69.0 Å². The fraction of sp³-hybridized carbons (Fsp3) is 0.263. The molecule has 4 rings (SSSR count). The second-order valence-electron chi connectivity index (χ2n) is 6.65. The van der Waals surface area contributed by atoms with Crippen LogP contribution in [0, 0.1) is 10.1 Å². The SMILES string of the molecule is O=C(c1ccc(Cl)cc1[N+](=O)[O-])N1CCCC(c2nc3ccccc3[nH]2)C1. The minimum absolute atomic E-state index is 0.0645. The largest absolute Gasteiger partial charge is 0.342 e. The molecule has 8 heteroatoms. The first-order valence-electron chi connectivity index (χ1n) is 8.71. The molecule has 7 nitrogen and oxygen atoms in total. The van der Waals surface area contributed by atoms with Crippen molar-refractivity contribution >= 4 is 34.2 Å². The van der Waals surface area contributed by atoms with Gasteiger partial charge in [-0.15, -0.1) is 0 Å². The number of H-pyrrole nitrogens is 1. The highest BCUT2D eigenvalue weighted by Gasteiger charge is 2.30. The second-order valence-corrected chi connectivity index (χ2v) is 7.08. The number of nitro benzene ring substituents is 1. The molecule has 1 aliphatic rings. The fourth-order valence-corrected chi connectivity index (χ4v) is 3.72. The molecule has 138 valence electrons. The molecule has 0 saturated carbocycles. The Hall–Kier alpha value is -2.93. The number of hydrogen-bond acceptors (Lipinski definition) is 4. The van der Waals surface area contributed by atoms with E-state index in [2.05, 4.69) is 9.97 Å². The molecule has 0 radical (unpaired) electrons. The summed E-state index contributed by atoms with van der Waals surface area (Å²) in [6.07, 6.45) is 1.72. The third-order valence-corrected chi connectivity index (χ3v) is 5.12. The van der Waals surface area contributed by atoms with Crippen LogP contribution < -0.4 is 0 Å². The van der Waals surface area contributed by atoms with Crippen molar-refractivity contribution in [1.82, 2.24) is 14.9 Å². The molecular weight excluding hydrogens is 368 g/mol.